The monoisotopic (exact) mass is 385 g/mol. The van der Waals surface area contributed by atoms with Crippen molar-refractivity contribution < 1.29 is 19.1 Å². The smallest absolute Gasteiger partial charge is 0.315 e. The second-order valence-electron chi connectivity index (χ2n) is 6.73. The fourth-order valence-corrected chi connectivity index (χ4v) is 2.14. The van der Waals surface area contributed by atoms with Crippen LogP contribution in [0.3, 0.4) is 0 Å². The van der Waals surface area contributed by atoms with Gasteiger partial charge in [0.2, 0.25) is 11.8 Å². The first-order valence-electron chi connectivity index (χ1n) is 8.11. The first kappa shape index (κ1) is 23.9. The number of carbonyl (C=O) groups is 3. The summed E-state index contributed by atoms with van der Waals surface area (Å²) in [6, 6.07) is 6.24. The van der Waals surface area contributed by atoms with Crippen molar-refractivity contribution in [1.82, 2.24) is 5.32 Å². The van der Waals surface area contributed by atoms with E-state index >= 15 is 0 Å². The molecule has 0 aliphatic rings. The van der Waals surface area contributed by atoms with Crippen LogP contribution in [0, 0.1) is 5.92 Å². The van der Waals surface area contributed by atoms with Gasteiger partial charge in [-0.1, -0.05) is 26.0 Å². The Morgan fingerprint density at radius 2 is 1.69 bits per heavy atom. The lowest BCUT2D eigenvalue weighted by molar-refractivity contribution is -0.146. The fourth-order valence-electron chi connectivity index (χ4n) is 2.14. The highest BCUT2D eigenvalue weighted by atomic mass is 35.5. The van der Waals surface area contributed by atoms with Gasteiger partial charge in [-0.15, -0.1) is 12.4 Å². The molecule has 146 valence electrons. The number of benzene rings is 1. The maximum absolute atomic E-state index is 11.9. The van der Waals surface area contributed by atoms with Gasteiger partial charge in [0.15, 0.2) is 0 Å². The Labute approximate surface area is 160 Å². The van der Waals surface area contributed by atoms with Gasteiger partial charge in [0.1, 0.15) is 0 Å². The highest BCUT2D eigenvalue weighted by Gasteiger charge is 2.30. The van der Waals surface area contributed by atoms with Crippen molar-refractivity contribution in [2.45, 2.75) is 39.2 Å². The molecule has 0 aromatic heterocycles. The van der Waals surface area contributed by atoms with Crippen molar-refractivity contribution in [3.8, 4) is 0 Å². The molecular weight excluding hydrogens is 358 g/mol. The third-order valence-electron chi connectivity index (χ3n) is 4.03. The Morgan fingerprint density at radius 1 is 1.15 bits per heavy atom. The van der Waals surface area contributed by atoms with E-state index in [1.54, 1.807) is 38.1 Å². The molecule has 0 bridgehead atoms. The maximum atomic E-state index is 11.9. The van der Waals surface area contributed by atoms with E-state index in [4.69, 9.17) is 10.5 Å². The van der Waals surface area contributed by atoms with Crippen LogP contribution in [-0.2, 0) is 24.5 Å². The van der Waals surface area contributed by atoms with E-state index in [1.807, 2.05) is 13.8 Å². The van der Waals surface area contributed by atoms with Gasteiger partial charge in [0.25, 0.3) is 0 Å². The lowest BCUT2D eigenvalue weighted by atomic mass is 9.85. The number of nitrogens with two attached hydrogens (primary N) is 1. The number of amides is 2. The van der Waals surface area contributed by atoms with Crippen molar-refractivity contribution in [3.63, 3.8) is 0 Å². The van der Waals surface area contributed by atoms with Crippen molar-refractivity contribution in [2.75, 3.05) is 19.0 Å². The summed E-state index contributed by atoms with van der Waals surface area (Å²) in [5.74, 6) is -1.06. The van der Waals surface area contributed by atoms with E-state index in [-0.39, 0.29) is 42.7 Å². The Bertz CT molecular complexity index is 630. The van der Waals surface area contributed by atoms with E-state index in [1.165, 1.54) is 7.11 Å². The number of esters is 1. The zero-order chi connectivity index (χ0) is 19.2. The van der Waals surface area contributed by atoms with E-state index in [0.29, 0.717) is 5.69 Å². The zero-order valence-corrected chi connectivity index (χ0v) is 16.6. The van der Waals surface area contributed by atoms with Gasteiger partial charge in [-0.3, -0.25) is 14.4 Å². The average Bonchev–Trinajstić information content (AvgIpc) is 2.58. The first-order chi connectivity index (χ1) is 11.6. The molecule has 1 atom stereocenters. The topological polar surface area (TPSA) is 111 Å². The third-order valence-corrected chi connectivity index (χ3v) is 4.03. The van der Waals surface area contributed by atoms with Crippen LogP contribution in [0.4, 0.5) is 5.69 Å². The Kier molecular flexibility index (Phi) is 9.31. The summed E-state index contributed by atoms with van der Waals surface area (Å²) in [4.78, 5) is 35.4. The number of nitrogens with one attached hydrogen (secondary N) is 2. The molecule has 0 heterocycles. The van der Waals surface area contributed by atoms with Gasteiger partial charge in [-0.25, -0.2) is 0 Å². The second-order valence-corrected chi connectivity index (χ2v) is 6.73. The molecule has 0 aliphatic carbocycles. The Morgan fingerprint density at radius 3 is 2.15 bits per heavy atom. The molecule has 4 N–H and O–H groups in total. The van der Waals surface area contributed by atoms with Gasteiger partial charge in [-0.05, 0) is 37.5 Å². The summed E-state index contributed by atoms with van der Waals surface area (Å²) < 4.78 is 4.80. The van der Waals surface area contributed by atoms with Gasteiger partial charge >= 0.3 is 5.97 Å². The summed E-state index contributed by atoms with van der Waals surface area (Å²) >= 11 is 0. The number of carbonyl (C=O) groups excluding carboxylic acids is 3. The number of hydrogen-bond acceptors (Lipinski definition) is 5. The molecule has 0 aliphatic heterocycles. The summed E-state index contributed by atoms with van der Waals surface area (Å²) in [5.41, 5.74) is 6.27. The molecule has 26 heavy (non-hydrogen) atoms. The van der Waals surface area contributed by atoms with Gasteiger partial charge < -0.3 is 21.1 Å². The van der Waals surface area contributed by atoms with Crippen molar-refractivity contribution in [2.24, 2.45) is 11.7 Å². The molecular formula is C18H28ClN3O4. The molecule has 0 radical (unpaired) electrons. The number of ether oxygens (including phenoxy) is 1. The molecule has 1 rings (SSSR count). The highest BCUT2D eigenvalue weighted by molar-refractivity contribution is 5.95. The molecule has 0 spiro atoms. The summed E-state index contributed by atoms with van der Waals surface area (Å²) in [5, 5.41) is 5.18. The first-order valence-corrected chi connectivity index (χ1v) is 8.11. The Balaban J connectivity index is 0.00000625. The van der Waals surface area contributed by atoms with Crippen LogP contribution in [0.2, 0.25) is 0 Å². The lowest BCUT2D eigenvalue weighted by Gasteiger charge is -2.22. The number of halogens is 1. The quantitative estimate of drug-likeness (QED) is 0.617. The molecule has 7 nitrogen and oxygen atoms in total. The standard InChI is InChI=1S/C18H27N3O4.ClH/c1-11(2)15(19)16(23)20-10-14(22)21-13-8-6-12(7-9-13)18(3,4)17(24)25-5;/h6-9,11,15H,10,19H2,1-5H3,(H,20,23)(H,21,22);1H/t15-;/m0./s1. The largest absolute Gasteiger partial charge is 0.468 e. The molecule has 0 unspecified atom stereocenters. The van der Waals surface area contributed by atoms with Crippen molar-refractivity contribution in [3.05, 3.63) is 29.8 Å². The van der Waals surface area contributed by atoms with Crippen LogP contribution in [0.25, 0.3) is 0 Å². The van der Waals surface area contributed by atoms with E-state index in [2.05, 4.69) is 10.6 Å². The van der Waals surface area contributed by atoms with Gasteiger partial charge in [0.05, 0.1) is 25.1 Å². The SMILES string of the molecule is COC(=O)C(C)(C)c1ccc(NC(=O)CNC(=O)[C@@H](N)C(C)C)cc1.Cl. The molecule has 1 aromatic rings. The fraction of sp³-hybridized carbons (Fsp3) is 0.500. The third kappa shape index (κ3) is 6.31. The predicted molar refractivity (Wildman–Crippen MR) is 103 cm³/mol. The molecule has 0 saturated carbocycles. The average molecular weight is 386 g/mol. The lowest BCUT2D eigenvalue weighted by Crippen LogP contribution is -2.46. The summed E-state index contributed by atoms with van der Waals surface area (Å²) in [6.07, 6.45) is 0. The zero-order valence-electron chi connectivity index (χ0n) is 15.8. The Hall–Kier alpha value is -2.12. The minimum atomic E-state index is -0.780. The van der Waals surface area contributed by atoms with Gasteiger partial charge in [-0.2, -0.15) is 0 Å². The van der Waals surface area contributed by atoms with E-state index in [9.17, 15) is 14.4 Å². The minimum Gasteiger partial charge on any atom is -0.468 e. The molecule has 1 aromatic carbocycles. The van der Waals surface area contributed by atoms with Crippen molar-refractivity contribution >= 4 is 35.9 Å². The second kappa shape index (κ2) is 10.1. The summed E-state index contributed by atoms with van der Waals surface area (Å²) in [7, 11) is 1.35. The highest BCUT2D eigenvalue weighted by Crippen LogP contribution is 2.25. The van der Waals surface area contributed by atoms with Crippen LogP contribution in [0.5, 0.6) is 0 Å². The van der Waals surface area contributed by atoms with Crippen LogP contribution in [0.15, 0.2) is 24.3 Å². The molecule has 8 heteroatoms. The maximum Gasteiger partial charge on any atom is 0.315 e. The molecule has 2 amide bonds. The normalized spacial score (nSPS) is 12.0. The molecule has 0 saturated heterocycles. The van der Waals surface area contributed by atoms with Gasteiger partial charge in [0, 0.05) is 5.69 Å². The predicted octanol–water partition coefficient (Wildman–Crippen LogP) is 1.60. The summed E-state index contributed by atoms with van der Waals surface area (Å²) in [6.45, 7) is 7.04. The number of methoxy groups -OCH3 is 1. The van der Waals surface area contributed by atoms with Crippen LogP contribution < -0.4 is 16.4 Å². The number of rotatable bonds is 7. The van der Waals surface area contributed by atoms with Crippen molar-refractivity contribution in [1.29, 1.82) is 0 Å². The minimum absolute atomic E-state index is 0. The van der Waals surface area contributed by atoms with E-state index in [0.717, 1.165) is 5.56 Å². The van der Waals surface area contributed by atoms with Crippen LogP contribution in [0.1, 0.15) is 33.3 Å². The van der Waals surface area contributed by atoms with Crippen LogP contribution >= 0.6 is 12.4 Å². The number of anilines is 1. The van der Waals surface area contributed by atoms with Crippen LogP contribution in [-0.4, -0.2) is 37.5 Å². The number of hydrogen-bond donors (Lipinski definition) is 3. The molecule has 0 fully saturated rings. The van der Waals surface area contributed by atoms with E-state index < -0.39 is 11.5 Å².